The molecule has 1 aromatic rings. The second-order valence-corrected chi connectivity index (χ2v) is 3.74. The molecule has 0 bridgehead atoms. The lowest BCUT2D eigenvalue weighted by molar-refractivity contribution is -0.135. The molecular weight excluding hydrogens is 212 g/mol. The van der Waals surface area contributed by atoms with Crippen molar-refractivity contribution in [1.82, 2.24) is 0 Å². The Morgan fingerprint density at radius 3 is 2.53 bits per heavy atom. The number of rotatable bonds is 5. The van der Waals surface area contributed by atoms with Crippen LogP contribution in [0.3, 0.4) is 0 Å². The average molecular weight is 230 g/mol. The summed E-state index contributed by atoms with van der Waals surface area (Å²) in [6.07, 6.45) is 3.72. The van der Waals surface area contributed by atoms with Crippen LogP contribution < -0.4 is 0 Å². The predicted octanol–water partition coefficient (Wildman–Crippen LogP) is 3.60. The Morgan fingerprint density at radius 2 is 2.00 bits per heavy atom. The molecule has 2 heteroatoms. The van der Waals surface area contributed by atoms with E-state index in [1.807, 2.05) is 36.4 Å². The highest BCUT2D eigenvalue weighted by Gasteiger charge is 2.14. The molecule has 2 nitrogen and oxygen atoms in total. The minimum Gasteiger partial charge on any atom is -0.465 e. The van der Waals surface area contributed by atoms with E-state index < -0.39 is 0 Å². The molecule has 0 heterocycles. The number of ether oxygens (including phenoxy) is 1. The third-order valence-electron chi connectivity index (χ3n) is 2.49. The highest BCUT2D eigenvalue weighted by atomic mass is 16.5. The topological polar surface area (TPSA) is 26.3 Å². The summed E-state index contributed by atoms with van der Waals surface area (Å²) in [4.78, 5) is 11.7. The van der Waals surface area contributed by atoms with Gasteiger partial charge >= 0.3 is 5.97 Å². The predicted molar refractivity (Wildman–Crippen MR) is 70.5 cm³/mol. The summed E-state index contributed by atoms with van der Waals surface area (Å²) in [5.74, 6) is -0.327. The molecule has 0 unspecified atom stereocenters. The van der Waals surface area contributed by atoms with Crippen molar-refractivity contribution in [3.8, 4) is 0 Å². The molecule has 90 valence electrons. The van der Waals surface area contributed by atoms with E-state index >= 15 is 0 Å². The number of unbranched alkanes of at least 4 members (excludes halogenated alkanes) is 1. The van der Waals surface area contributed by atoms with E-state index in [-0.39, 0.29) is 5.97 Å². The maximum absolute atomic E-state index is 11.7. The minimum atomic E-state index is -0.327. The van der Waals surface area contributed by atoms with E-state index in [9.17, 15) is 4.79 Å². The fraction of sp³-hybridized carbons (Fsp3) is 0.267. The average Bonchev–Trinajstić information content (AvgIpc) is 2.39. The Kier molecular flexibility index (Phi) is 5.21. The Morgan fingerprint density at radius 1 is 1.35 bits per heavy atom. The summed E-state index contributed by atoms with van der Waals surface area (Å²) in [5, 5.41) is 0. The van der Waals surface area contributed by atoms with Gasteiger partial charge < -0.3 is 4.74 Å². The van der Waals surface area contributed by atoms with Gasteiger partial charge in [-0.3, -0.25) is 0 Å². The molecule has 0 amide bonds. The van der Waals surface area contributed by atoms with Crippen LogP contribution in [0.25, 0.3) is 5.57 Å². The zero-order valence-corrected chi connectivity index (χ0v) is 10.4. The number of hydrogen-bond donors (Lipinski definition) is 0. The fourth-order valence-electron chi connectivity index (χ4n) is 1.52. The Bertz CT molecular complexity index is 416. The number of carbonyl (C=O) groups is 1. The van der Waals surface area contributed by atoms with Gasteiger partial charge in [0.2, 0.25) is 0 Å². The number of esters is 1. The zero-order valence-electron chi connectivity index (χ0n) is 10.4. The number of methoxy groups -OCH3 is 1. The van der Waals surface area contributed by atoms with Crippen LogP contribution in [0.15, 0.2) is 48.6 Å². The molecule has 1 rings (SSSR count). The lowest BCUT2D eigenvalue weighted by atomic mass is 9.98. The Labute approximate surface area is 103 Å². The molecular formula is C15H18O2. The molecule has 0 fully saturated rings. The van der Waals surface area contributed by atoms with Gasteiger partial charge in [0.05, 0.1) is 12.7 Å². The molecule has 0 aromatic heterocycles. The molecule has 17 heavy (non-hydrogen) atoms. The number of benzene rings is 1. The van der Waals surface area contributed by atoms with E-state index in [4.69, 9.17) is 4.74 Å². The molecule has 0 aliphatic carbocycles. The molecule has 0 aliphatic heterocycles. The number of allylic oxidation sites excluding steroid dienone is 1. The fourth-order valence-corrected chi connectivity index (χ4v) is 1.52. The van der Waals surface area contributed by atoms with Crippen LogP contribution in [0.2, 0.25) is 0 Å². The lowest BCUT2D eigenvalue weighted by Gasteiger charge is -2.09. The molecule has 0 spiro atoms. The molecule has 0 aliphatic rings. The highest BCUT2D eigenvalue weighted by molar-refractivity contribution is 6.05. The van der Waals surface area contributed by atoms with Gasteiger partial charge in [0, 0.05) is 0 Å². The van der Waals surface area contributed by atoms with E-state index in [0.29, 0.717) is 11.1 Å². The number of carbonyl (C=O) groups excluding carboxylic acids is 1. The minimum absolute atomic E-state index is 0.327. The van der Waals surface area contributed by atoms with Crippen LogP contribution in [-0.4, -0.2) is 13.1 Å². The summed E-state index contributed by atoms with van der Waals surface area (Å²) >= 11 is 0. The molecule has 0 radical (unpaired) electrons. The van der Waals surface area contributed by atoms with Crippen molar-refractivity contribution in [3.05, 3.63) is 54.1 Å². The van der Waals surface area contributed by atoms with Gasteiger partial charge in [-0.1, -0.05) is 56.3 Å². The molecule has 0 saturated carbocycles. The van der Waals surface area contributed by atoms with Crippen molar-refractivity contribution in [1.29, 1.82) is 0 Å². The first-order valence-corrected chi connectivity index (χ1v) is 5.73. The summed E-state index contributed by atoms with van der Waals surface area (Å²) in [5.41, 5.74) is 2.21. The van der Waals surface area contributed by atoms with Gasteiger partial charge in [0.1, 0.15) is 0 Å². The van der Waals surface area contributed by atoms with E-state index in [1.54, 1.807) is 0 Å². The van der Waals surface area contributed by atoms with Crippen LogP contribution in [0, 0.1) is 0 Å². The van der Waals surface area contributed by atoms with Crippen LogP contribution in [0.5, 0.6) is 0 Å². The molecule has 1 aromatic carbocycles. The van der Waals surface area contributed by atoms with Gasteiger partial charge in [0.15, 0.2) is 0 Å². The van der Waals surface area contributed by atoms with Gasteiger partial charge in [-0.25, -0.2) is 4.79 Å². The monoisotopic (exact) mass is 230 g/mol. The van der Waals surface area contributed by atoms with Crippen molar-refractivity contribution < 1.29 is 9.53 Å². The van der Waals surface area contributed by atoms with E-state index in [2.05, 4.69) is 13.5 Å². The summed E-state index contributed by atoms with van der Waals surface area (Å²) < 4.78 is 4.78. The first kappa shape index (κ1) is 13.2. The van der Waals surface area contributed by atoms with Gasteiger partial charge in [-0.2, -0.15) is 0 Å². The second-order valence-electron chi connectivity index (χ2n) is 3.74. The van der Waals surface area contributed by atoms with E-state index in [0.717, 1.165) is 18.4 Å². The maximum Gasteiger partial charge on any atom is 0.338 e. The first-order valence-electron chi connectivity index (χ1n) is 5.73. The normalized spacial score (nSPS) is 11.1. The second kappa shape index (κ2) is 6.69. The Hall–Kier alpha value is -1.83. The third-order valence-corrected chi connectivity index (χ3v) is 2.49. The van der Waals surface area contributed by atoms with Gasteiger partial charge in [0.25, 0.3) is 0 Å². The summed E-state index contributed by atoms with van der Waals surface area (Å²) in [7, 11) is 1.39. The molecule has 0 N–H and O–H groups in total. The van der Waals surface area contributed by atoms with Crippen LogP contribution in [0.1, 0.15) is 25.3 Å². The standard InChI is InChI=1S/C15H18O2/c1-4-5-11-14(15(16)17-3)12(2)13-9-7-6-8-10-13/h6-11H,2,4-5H2,1,3H3/b14-11+. The van der Waals surface area contributed by atoms with Crippen molar-refractivity contribution in [2.45, 2.75) is 19.8 Å². The molecule has 0 saturated heterocycles. The van der Waals surface area contributed by atoms with Crippen molar-refractivity contribution in [2.75, 3.05) is 7.11 Å². The smallest absolute Gasteiger partial charge is 0.338 e. The van der Waals surface area contributed by atoms with Gasteiger partial charge in [-0.15, -0.1) is 0 Å². The zero-order chi connectivity index (χ0) is 12.7. The SMILES string of the molecule is C=C(/C(=C\CCC)C(=O)OC)c1ccccc1. The third kappa shape index (κ3) is 3.59. The maximum atomic E-state index is 11.7. The van der Waals surface area contributed by atoms with Crippen molar-refractivity contribution in [2.24, 2.45) is 0 Å². The van der Waals surface area contributed by atoms with Crippen LogP contribution in [-0.2, 0) is 9.53 Å². The lowest BCUT2D eigenvalue weighted by Crippen LogP contribution is -2.06. The number of hydrogen-bond acceptors (Lipinski definition) is 2. The summed E-state index contributed by atoms with van der Waals surface area (Å²) in [6.45, 7) is 6.04. The van der Waals surface area contributed by atoms with Gasteiger partial charge in [-0.05, 0) is 17.6 Å². The first-order chi connectivity index (χ1) is 8.20. The largest absolute Gasteiger partial charge is 0.465 e. The van der Waals surface area contributed by atoms with Crippen LogP contribution in [0.4, 0.5) is 0 Å². The molecule has 0 atom stereocenters. The summed E-state index contributed by atoms with van der Waals surface area (Å²) in [6, 6.07) is 9.66. The van der Waals surface area contributed by atoms with Crippen molar-refractivity contribution >= 4 is 11.5 Å². The van der Waals surface area contributed by atoms with E-state index in [1.165, 1.54) is 7.11 Å². The van der Waals surface area contributed by atoms with Crippen molar-refractivity contribution in [3.63, 3.8) is 0 Å². The highest BCUT2D eigenvalue weighted by Crippen LogP contribution is 2.22. The quantitative estimate of drug-likeness (QED) is 0.439. The van der Waals surface area contributed by atoms with Crippen LogP contribution >= 0.6 is 0 Å². The Balaban J connectivity index is 2.99.